The summed E-state index contributed by atoms with van der Waals surface area (Å²) in [5.74, 6) is 1.43. The predicted octanol–water partition coefficient (Wildman–Crippen LogP) is 4.63. The first-order chi connectivity index (χ1) is 17.6. The maximum atomic E-state index is 12.3. The number of aliphatic hydroxyl groups excluding tert-OH is 2. The second-order valence-corrected chi connectivity index (χ2v) is 10.1. The average molecular weight is 508 g/mol. The summed E-state index contributed by atoms with van der Waals surface area (Å²) in [6, 6.07) is 24.9. The van der Waals surface area contributed by atoms with E-state index in [1.807, 2.05) is 66.7 Å². The summed E-state index contributed by atoms with van der Waals surface area (Å²) in [7, 11) is 0. The molecule has 3 aromatic carbocycles. The molecule has 0 bridgehead atoms. The van der Waals surface area contributed by atoms with Gasteiger partial charge in [0.15, 0.2) is 6.29 Å². The third-order valence-corrected chi connectivity index (χ3v) is 7.42. The molecule has 0 saturated carbocycles. The Morgan fingerprint density at radius 3 is 2.22 bits per heavy atom. The van der Waals surface area contributed by atoms with Gasteiger partial charge < -0.3 is 25.0 Å². The van der Waals surface area contributed by atoms with Gasteiger partial charge in [0.1, 0.15) is 0 Å². The number of benzene rings is 3. The van der Waals surface area contributed by atoms with Crippen LogP contribution in [0.3, 0.4) is 0 Å². The molecule has 0 radical (unpaired) electrons. The number of nitrogens with one attached hydrogen (secondary N) is 1. The Morgan fingerprint density at radius 2 is 1.56 bits per heavy atom. The Kier molecular flexibility index (Phi) is 9.55. The lowest BCUT2D eigenvalue weighted by Gasteiger charge is -2.41. The summed E-state index contributed by atoms with van der Waals surface area (Å²) in [4.78, 5) is 12.3. The van der Waals surface area contributed by atoms with Gasteiger partial charge in [-0.3, -0.25) is 4.79 Å². The maximum Gasteiger partial charge on any atom is 0.251 e. The van der Waals surface area contributed by atoms with Crippen LogP contribution in [0.5, 0.6) is 0 Å². The van der Waals surface area contributed by atoms with Crippen LogP contribution in [0.2, 0.25) is 0 Å². The van der Waals surface area contributed by atoms with Gasteiger partial charge in [-0.2, -0.15) is 11.8 Å². The van der Waals surface area contributed by atoms with Crippen molar-refractivity contribution in [2.24, 2.45) is 5.92 Å². The molecule has 7 heteroatoms. The molecule has 1 heterocycles. The minimum Gasteiger partial charge on any atom is -0.396 e. The van der Waals surface area contributed by atoms with Gasteiger partial charge in [0.2, 0.25) is 0 Å². The maximum absolute atomic E-state index is 12.3. The fourth-order valence-electron chi connectivity index (χ4n) is 4.24. The van der Waals surface area contributed by atoms with Gasteiger partial charge in [0, 0.05) is 35.1 Å². The van der Waals surface area contributed by atoms with Crippen LogP contribution in [0.15, 0.2) is 78.9 Å². The van der Waals surface area contributed by atoms with Crippen molar-refractivity contribution < 1.29 is 24.5 Å². The van der Waals surface area contributed by atoms with Crippen LogP contribution >= 0.6 is 11.8 Å². The Balaban J connectivity index is 1.46. The highest BCUT2D eigenvalue weighted by molar-refractivity contribution is 7.99. The van der Waals surface area contributed by atoms with Crippen molar-refractivity contribution in [3.8, 4) is 0 Å². The van der Waals surface area contributed by atoms with Gasteiger partial charge in [0.05, 0.1) is 25.4 Å². The first kappa shape index (κ1) is 26.4. The molecule has 3 N–H and O–H groups in total. The first-order valence-electron chi connectivity index (χ1n) is 12.2. The van der Waals surface area contributed by atoms with E-state index in [1.54, 1.807) is 23.9 Å². The van der Waals surface area contributed by atoms with Crippen LogP contribution < -0.4 is 5.32 Å². The zero-order valence-corrected chi connectivity index (χ0v) is 21.2. The highest BCUT2D eigenvalue weighted by Crippen LogP contribution is 2.42. The molecule has 1 amide bonds. The lowest BCUT2D eigenvalue weighted by Crippen LogP contribution is -2.38. The van der Waals surface area contributed by atoms with Crippen molar-refractivity contribution in [3.05, 3.63) is 107 Å². The summed E-state index contributed by atoms with van der Waals surface area (Å²) in [6.45, 7) is 2.70. The highest BCUT2D eigenvalue weighted by atomic mass is 32.2. The third-order valence-electron chi connectivity index (χ3n) is 6.38. The van der Waals surface area contributed by atoms with Crippen molar-refractivity contribution in [2.45, 2.75) is 38.6 Å². The van der Waals surface area contributed by atoms with E-state index in [-0.39, 0.29) is 37.2 Å². The van der Waals surface area contributed by atoms with Crippen LogP contribution in [0.25, 0.3) is 0 Å². The van der Waals surface area contributed by atoms with Crippen molar-refractivity contribution in [1.29, 1.82) is 0 Å². The summed E-state index contributed by atoms with van der Waals surface area (Å²) in [5.41, 5.74) is 4.44. The van der Waals surface area contributed by atoms with Crippen LogP contribution in [0.4, 0.5) is 0 Å². The zero-order chi connectivity index (χ0) is 25.3. The summed E-state index contributed by atoms with van der Waals surface area (Å²) >= 11 is 1.67. The average Bonchev–Trinajstić information content (AvgIpc) is 2.93. The predicted molar refractivity (Wildman–Crippen MR) is 141 cm³/mol. The van der Waals surface area contributed by atoms with Crippen LogP contribution in [0.1, 0.15) is 51.9 Å². The van der Waals surface area contributed by atoms with Crippen LogP contribution in [-0.2, 0) is 22.6 Å². The summed E-state index contributed by atoms with van der Waals surface area (Å²) in [6.07, 6.45) is -0.745. The number of aliphatic hydroxyl groups is 2. The van der Waals surface area contributed by atoms with Crippen molar-refractivity contribution in [3.63, 3.8) is 0 Å². The standard InChI is InChI=1S/C29H33NO5S/c1-20-26(19-36-16-15-31)34-29(35-27(20)23-11-9-22(18-32)10-12-23)25-13-7-21(8-14-25)17-30-28(33)24-5-3-2-4-6-24/h2-14,20,26-27,29,31-32H,15-19H2,1H3,(H,30,33)/t20-,26+,27+,29+/m1/s1. The lowest BCUT2D eigenvalue weighted by molar-refractivity contribution is -0.268. The number of ether oxygens (including phenoxy) is 2. The highest BCUT2D eigenvalue weighted by Gasteiger charge is 2.38. The second-order valence-electron chi connectivity index (χ2n) is 8.91. The molecule has 4 atom stereocenters. The largest absolute Gasteiger partial charge is 0.396 e. The number of thioether (sulfide) groups is 1. The topological polar surface area (TPSA) is 88.0 Å². The normalized spacial score (nSPS) is 21.8. The molecule has 1 aliphatic rings. The fourth-order valence-corrected chi connectivity index (χ4v) is 5.15. The molecule has 0 aliphatic carbocycles. The van der Waals surface area contributed by atoms with Gasteiger partial charge in [-0.1, -0.05) is 73.7 Å². The Morgan fingerprint density at radius 1 is 0.889 bits per heavy atom. The van der Waals surface area contributed by atoms with E-state index in [4.69, 9.17) is 9.47 Å². The summed E-state index contributed by atoms with van der Waals surface area (Å²) < 4.78 is 12.9. The van der Waals surface area contributed by atoms with Gasteiger partial charge in [0.25, 0.3) is 5.91 Å². The van der Waals surface area contributed by atoms with Crippen LogP contribution in [-0.4, -0.2) is 40.3 Å². The molecule has 0 unspecified atom stereocenters. The Hall–Kier alpha value is -2.68. The molecule has 1 saturated heterocycles. The minimum atomic E-state index is -0.531. The van der Waals surface area contributed by atoms with E-state index in [9.17, 15) is 15.0 Å². The monoisotopic (exact) mass is 507 g/mol. The second kappa shape index (κ2) is 13.0. The molecular formula is C29H33NO5S. The molecule has 1 aliphatic heterocycles. The number of carbonyl (C=O) groups excluding carboxylic acids is 1. The molecule has 0 aromatic heterocycles. The lowest BCUT2D eigenvalue weighted by atomic mass is 9.91. The molecule has 190 valence electrons. The van der Waals surface area contributed by atoms with E-state index >= 15 is 0 Å². The SMILES string of the molecule is C[C@@H]1[C@H](CSCCO)O[C@H](c2ccc(CNC(=O)c3ccccc3)cc2)O[C@@H]1c1ccc(CO)cc1. The molecule has 6 nitrogen and oxygen atoms in total. The molecule has 0 spiro atoms. The molecule has 36 heavy (non-hydrogen) atoms. The minimum absolute atomic E-state index is 0.00562. The summed E-state index contributed by atoms with van der Waals surface area (Å²) in [5, 5.41) is 21.6. The number of amides is 1. The van der Waals surface area contributed by atoms with Gasteiger partial charge in [-0.25, -0.2) is 0 Å². The number of hydrogen-bond donors (Lipinski definition) is 3. The van der Waals surface area contributed by atoms with E-state index in [1.165, 1.54) is 0 Å². The molecular weight excluding hydrogens is 474 g/mol. The van der Waals surface area contributed by atoms with Crippen molar-refractivity contribution >= 4 is 17.7 Å². The number of carbonyl (C=O) groups is 1. The van der Waals surface area contributed by atoms with Crippen LogP contribution in [0, 0.1) is 5.92 Å². The van der Waals surface area contributed by atoms with Gasteiger partial charge in [-0.05, 0) is 28.8 Å². The van der Waals surface area contributed by atoms with E-state index in [0.29, 0.717) is 17.9 Å². The third kappa shape index (κ3) is 6.75. The van der Waals surface area contributed by atoms with Crippen molar-refractivity contribution in [1.82, 2.24) is 5.32 Å². The van der Waals surface area contributed by atoms with Crippen molar-refractivity contribution in [2.75, 3.05) is 18.1 Å². The molecule has 4 rings (SSSR count). The quantitative estimate of drug-likeness (QED) is 0.347. The number of rotatable bonds is 10. The first-order valence-corrected chi connectivity index (χ1v) is 13.4. The molecule has 1 fully saturated rings. The van der Waals surface area contributed by atoms with E-state index in [0.717, 1.165) is 28.0 Å². The smallest absolute Gasteiger partial charge is 0.251 e. The zero-order valence-electron chi connectivity index (χ0n) is 20.4. The van der Waals surface area contributed by atoms with E-state index in [2.05, 4.69) is 12.2 Å². The van der Waals surface area contributed by atoms with E-state index < -0.39 is 6.29 Å². The van der Waals surface area contributed by atoms with Gasteiger partial charge in [-0.15, -0.1) is 0 Å². The molecule has 3 aromatic rings. The number of hydrogen-bond acceptors (Lipinski definition) is 6. The fraction of sp³-hybridized carbons (Fsp3) is 0.345. The van der Waals surface area contributed by atoms with Gasteiger partial charge >= 0.3 is 0 Å². The Bertz CT molecular complexity index is 1090. The Labute approximate surface area is 216 Å².